The van der Waals surface area contributed by atoms with Gasteiger partial charge in [-0.1, -0.05) is 354 Å². The standard InChI is InChI=1S/C80H152O17P2/c1-5-9-13-17-21-25-29-33-36-37-39-43-47-51-55-59-63-67-80(85)97-76(71-91-78(83)65-61-57-53-49-45-42-38-34-30-26-22-18-14-10-6-2)73-95-99(88,89)93-69-74(81)68-92-98(86,87)94-72-75(70-90-77(82)64-60-56-52-48-44-40-32-28-24-20-16-12-8-4)96-79(84)66-62-58-54-50-46-41-35-31-27-23-19-15-11-7-3/h26,30,34,38,74-76,81H,5-25,27-29,31-33,35-37,39-73H2,1-4H3,(H,86,87)(H,88,89)/b30-26-,38-34-/t74-,75+,76+/m0/s1. The molecule has 0 saturated heterocycles. The lowest BCUT2D eigenvalue weighted by molar-refractivity contribution is -0.161. The average molecular weight is 1450 g/mol. The number of phosphoric acid groups is 2. The Bertz CT molecular complexity index is 1970. The van der Waals surface area contributed by atoms with Gasteiger partial charge in [0.15, 0.2) is 12.2 Å². The van der Waals surface area contributed by atoms with Crippen LogP contribution in [0.4, 0.5) is 0 Å². The number of carbonyl (C=O) groups excluding carboxylic acids is 4. The summed E-state index contributed by atoms with van der Waals surface area (Å²) >= 11 is 0. The molecule has 0 aromatic heterocycles. The molecule has 5 atom stereocenters. The van der Waals surface area contributed by atoms with E-state index < -0.39 is 97.5 Å². The maximum Gasteiger partial charge on any atom is 0.472 e. The third-order valence-electron chi connectivity index (χ3n) is 18.2. The van der Waals surface area contributed by atoms with Crippen LogP contribution in [0.5, 0.6) is 0 Å². The van der Waals surface area contributed by atoms with Crippen LogP contribution in [0.25, 0.3) is 0 Å². The second-order valence-corrected chi connectivity index (χ2v) is 31.0. The van der Waals surface area contributed by atoms with Crippen molar-refractivity contribution in [3.63, 3.8) is 0 Å². The van der Waals surface area contributed by atoms with Crippen molar-refractivity contribution < 1.29 is 80.2 Å². The maximum absolute atomic E-state index is 13.1. The largest absolute Gasteiger partial charge is 0.472 e. The summed E-state index contributed by atoms with van der Waals surface area (Å²) in [5.41, 5.74) is 0. The third-order valence-corrected chi connectivity index (χ3v) is 20.1. The highest BCUT2D eigenvalue weighted by molar-refractivity contribution is 7.47. The summed E-state index contributed by atoms with van der Waals surface area (Å²) in [5.74, 6) is -2.13. The fourth-order valence-electron chi connectivity index (χ4n) is 11.9. The van der Waals surface area contributed by atoms with Crippen LogP contribution in [0.1, 0.15) is 407 Å². The quantitative estimate of drug-likeness (QED) is 0.0169. The van der Waals surface area contributed by atoms with Crippen molar-refractivity contribution in [2.24, 2.45) is 0 Å². The van der Waals surface area contributed by atoms with Crippen LogP contribution >= 0.6 is 15.6 Å². The first-order valence-electron chi connectivity index (χ1n) is 41.1. The average Bonchev–Trinajstić information content (AvgIpc) is 0.998. The van der Waals surface area contributed by atoms with Gasteiger partial charge in [0.05, 0.1) is 26.4 Å². The van der Waals surface area contributed by atoms with Crippen LogP contribution in [0, 0.1) is 0 Å². The van der Waals surface area contributed by atoms with Crippen molar-refractivity contribution in [1.82, 2.24) is 0 Å². The molecule has 19 heteroatoms. The van der Waals surface area contributed by atoms with E-state index in [1.54, 1.807) is 0 Å². The molecule has 0 aliphatic carbocycles. The molecule has 0 rings (SSSR count). The van der Waals surface area contributed by atoms with Crippen molar-refractivity contribution >= 4 is 39.5 Å². The van der Waals surface area contributed by atoms with Gasteiger partial charge >= 0.3 is 39.5 Å². The number of esters is 4. The molecule has 584 valence electrons. The van der Waals surface area contributed by atoms with Gasteiger partial charge in [0.1, 0.15) is 19.3 Å². The monoisotopic (exact) mass is 1450 g/mol. The van der Waals surface area contributed by atoms with Crippen molar-refractivity contribution in [3.8, 4) is 0 Å². The smallest absolute Gasteiger partial charge is 0.462 e. The molecule has 0 aliphatic rings. The molecule has 0 bridgehead atoms. The van der Waals surface area contributed by atoms with E-state index in [1.165, 1.54) is 218 Å². The lowest BCUT2D eigenvalue weighted by Gasteiger charge is -2.21. The summed E-state index contributed by atoms with van der Waals surface area (Å²) in [6.45, 7) is 4.96. The molecule has 0 aromatic rings. The van der Waals surface area contributed by atoms with E-state index in [4.69, 9.17) is 37.0 Å². The van der Waals surface area contributed by atoms with E-state index in [-0.39, 0.29) is 25.7 Å². The zero-order chi connectivity index (χ0) is 72.5. The van der Waals surface area contributed by atoms with Crippen LogP contribution < -0.4 is 0 Å². The minimum absolute atomic E-state index is 0.102. The number of aliphatic hydroxyl groups excluding tert-OH is 1. The van der Waals surface area contributed by atoms with Gasteiger partial charge in [-0.05, 0) is 51.4 Å². The number of phosphoric ester groups is 2. The number of aliphatic hydroxyl groups is 1. The summed E-state index contributed by atoms with van der Waals surface area (Å²) in [4.78, 5) is 73.0. The van der Waals surface area contributed by atoms with E-state index in [2.05, 4.69) is 52.0 Å². The first kappa shape index (κ1) is 96.5. The minimum Gasteiger partial charge on any atom is -0.462 e. The predicted molar refractivity (Wildman–Crippen MR) is 405 cm³/mol. The highest BCUT2D eigenvalue weighted by atomic mass is 31.2. The second kappa shape index (κ2) is 73.8. The zero-order valence-corrected chi connectivity index (χ0v) is 65.7. The first-order valence-corrected chi connectivity index (χ1v) is 44.1. The van der Waals surface area contributed by atoms with Gasteiger partial charge in [-0.3, -0.25) is 37.3 Å². The summed E-state index contributed by atoms with van der Waals surface area (Å²) < 4.78 is 68.7. The predicted octanol–water partition coefficient (Wildman–Crippen LogP) is 23.7. The topological polar surface area (TPSA) is 237 Å². The van der Waals surface area contributed by atoms with E-state index in [9.17, 15) is 43.2 Å². The SMILES string of the molecule is CCCCCC/C=C\C=C/CCCCCCCC(=O)OC[C@H](COP(=O)(O)OC[C@@H](O)COP(=O)(O)OC[C@@H](COC(=O)CCCCCCCCCCCCCCC)OC(=O)CCCCCCCCCCCCCCCC)OC(=O)CCCCCCCCCCCCCCCCCCC. The normalized spacial score (nSPS) is 14.0. The number of rotatable bonds is 79. The Morgan fingerprint density at radius 1 is 0.283 bits per heavy atom. The highest BCUT2D eigenvalue weighted by Gasteiger charge is 2.30. The maximum atomic E-state index is 13.1. The number of allylic oxidation sites excluding steroid dienone is 4. The van der Waals surface area contributed by atoms with Crippen LogP contribution in [-0.4, -0.2) is 96.7 Å². The van der Waals surface area contributed by atoms with Gasteiger partial charge in [-0.2, -0.15) is 0 Å². The number of carbonyl (C=O) groups is 4. The van der Waals surface area contributed by atoms with Crippen molar-refractivity contribution in [1.29, 1.82) is 0 Å². The number of hydrogen-bond donors (Lipinski definition) is 3. The highest BCUT2D eigenvalue weighted by Crippen LogP contribution is 2.45. The Morgan fingerprint density at radius 2 is 0.485 bits per heavy atom. The molecule has 0 amide bonds. The zero-order valence-electron chi connectivity index (χ0n) is 64.0. The number of hydrogen-bond acceptors (Lipinski definition) is 15. The van der Waals surface area contributed by atoms with Gasteiger partial charge in [-0.25, -0.2) is 9.13 Å². The summed E-state index contributed by atoms with van der Waals surface area (Å²) in [6.07, 6.45) is 68.6. The molecule has 0 spiro atoms. The Hall–Kier alpha value is -2.46. The van der Waals surface area contributed by atoms with Gasteiger partial charge in [0, 0.05) is 25.7 Å². The molecular weight excluding hydrogens is 1290 g/mol. The van der Waals surface area contributed by atoms with Gasteiger partial charge in [0.25, 0.3) is 0 Å². The molecule has 3 N–H and O–H groups in total. The molecule has 17 nitrogen and oxygen atoms in total. The molecular formula is C80H152O17P2. The number of ether oxygens (including phenoxy) is 4. The molecule has 0 fully saturated rings. The summed E-state index contributed by atoms with van der Waals surface area (Å²) in [6, 6.07) is 0. The van der Waals surface area contributed by atoms with E-state index >= 15 is 0 Å². The first-order chi connectivity index (χ1) is 48.2. The summed E-state index contributed by atoms with van der Waals surface area (Å²) in [5, 5.41) is 10.6. The summed E-state index contributed by atoms with van der Waals surface area (Å²) in [7, 11) is -9.93. The van der Waals surface area contributed by atoms with Crippen LogP contribution in [0.3, 0.4) is 0 Å². The van der Waals surface area contributed by atoms with Crippen LogP contribution in [0.2, 0.25) is 0 Å². The Kier molecular flexibility index (Phi) is 72.0. The Balaban J connectivity index is 5.30. The fourth-order valence-corrected chi connectivity index (χ4v) is 13.5. The molecule has 0 aromatic carbocycles. The fraction of sp³-hybridized carbons (Fsp3) is 0.900. The van der Waals surface area contributed by atoms with Gasteiger partial charge in [-0.15, -0.1) is 0 Å². The Morgan fingerprint density at radius 3 is 0.737 bits per heavy atom. The second-order valence-electron chi connectivity index (χ2n) is 28.1. The molecule has 0 aliphatic heterocycles. The molecule has 0 heterocycles. The molecule has 2 unspecified atom stereocenters. The van der Waals surface area contributed by atoms with Crippen molar-refractivity contribution in [3.05, 3.63) is 24.3 Å². The van der Waals surface area contributed by atoms with Crippen molar-refractivity contribution in [2.75, 3.05) is 39.6 Å². The van der Waals surface area contributed by atoms with E-state index in [0.717, 1.165) is 109 Å². The van der Waals surface area contributed by atoms with Crippen LogP contribution in [-0.2, 0) is 65.4 Å². The molecule has 99 heavy (non-hydrogen) atoms. The van der Waals surface area contributed by atoms with E-state index in [0.29, 0.717) is 25.7 Å². The van der Waals surface area contributed by atoms with Crippen LogP contribution in [0.15, 0.2) is 24.3 Å². The third kappa shape index (κ3) is 73.6. The molecule has 0 saturated carbocycles. The van der Waals surface area contributed by atoms with E-state index in [1.807, 2.05) is 0 Å². The van der Waals surface area contributed by atoms with Gasteiger partial charge < -0.3 is 33.8 Å². The minimum atomic E-state index is -4.97. The Labute approximate surface area is 605 Å². The lowest BCUT2D eigenvalue weighted by Crippen LogP contribution is -2.30. The number of unbranched alkanes of at least 4 members (excludes halogenated alkanes) is 50. The lowest BCUT2D eigenvalue weighted by atomic mass is 10.0. The van der Waals surface area contributed by atoms with Gasteiger partial charge in [0.2, 0.25) is 0 Å². The molecule has 0 radical (unpaired) electrons. The van der Waals surface area contributed by atoms with Crippen molar-refractivity contribution in [2.45, 2.75) is 425 Å².